The molecule has 0 bridgehead atoms. The summed E-state index contributed by atoms with van der Waals surface area (Å²) in [7, 11) is 4.06. The van der Waals surface area contributed by atoms with Crippen LogP contribution in [0, 0.1) is 0 Å². The summed E-state index contributed by atoms with van der Waals surface area (Å²) in [6, 6.07) is 17.1. The smallest absolute Gasteiger partial charge is 0.313 e. The fourth-order valence-corrected chi connectivity index (χ4v) is 3.61. The van der Waals surface area contributed by atoms with E-state index < -0.39 is 11.8 Å². The van der Waals surface area contributed by atoms with E-state index >= 15 is 0 Å². The second-order valence-corrected chi connectivity index (χ2v) is 8.08. The van der Waals surface area contributed by atoms with E-state index in [0.717, 1.165) is 43.8 Å². The molecule has 1 unspecified atom stereocenters. The molecule has 3 rings (SSSR count). The lowest BCUT2D eigenvalue weighted by Crippen LogP contribution is -2.50. The van der Waals surface area contributed by atoms with Crippen LogP contribution < -0.4 is 20.3 Å². The van der Waals surface area contributed by atoms with Gasteiger partial charge in [-0.25, -0.2) is 0 Å². The summed E-state index contributed by atoms with van der Waals surface area (Å²) in [6.07, 6.45) is 2.77. The normalized spacial score (nSPS) is 16.1. The summed E-state index contributed by atoms with van der Waals surface area (Å²) in [4.78, 5) is 29.1. The van der Waals surface area contributed by atoms with Gasteiger partial charge in [0, 0.05) is 37.1 Å². The van der Waals surface area contributed by atoms with Gasteiger partial charge in [0.2, 0.25) is 0 Å². The molecule has 1 heterocycles. The number of hydrogen-bond donors (Lipinski definition) is 2. The molecule has 1 saturated heterocycles. The molecular formula is C24H32N4O3. The number of nitrogens with zero attached hydrogens (tertiary/aromatic N) is 2. The van der Waals surface area contributed by atoms with Gasteiger partial charge in [0.05, 0.1) is 6.61 Å². The van der Waals surface area contributed by atoms with Crippen molar-refractivity contribution in [2.24, 2.45) is 0 Å². The first-order chi connectivity index (χ1) is 15.0. The number of carbonyl (C=O) groups excluding carboxylic acids is 2. The molecule has 2 aromatic carbocycles. The highest BCUT2D eigenvalue weighted by molar-refractivity contribution is 6.39. The Labute approximate surface area is 184 Å². The monoisotopic (exact) mass is 424 g/mol. The zero-order chi connectivity index (χ0) is 22.1. The van der Waals surface area contributed by atoms with Crippen molar-refractivity contribution in [3.8, 4) is 5.75 Å². The van der Waals surface area contributed by atoms with E-state index in [0.29, 0.717) is 18.8 Å². The number of benzene rings is 2. The molecule has 7 heteroatoms. The minimum atomic E-state index is -0.656. The van der Waals surface area contributed by atoms with Crippen molar-refractivity contribution in [2.45, 2.75) is 25.3 Å². The molecule has 0 saturated carbocycles. The molecule has 166 valence electrons. The molecule has 1 atom stereocenters. The highest BCUT2D eigenvalue weighted by atomic mass is 16.5. The molecule has 2 amide bonds. The Morgan fingerprint density at radius 2 is 1.81 bits per heavy atom. The van der Waals surface area contributed by atoms with E-state index in [-0.39, 0.29) is 6.04 Å². The van der Waals surface area contributed by atoms with Crippen LogP contribution in [0.3, 0.4) is 0 Å². The van der Waals surface area contributed by atoms with E-state index in [1.54, 1.807) is 24.3 Å². The average Bonchev–Trinajstić information content (AvgIpc) is 2.78. The summed E-state index contributed by atoms with van der Waals surface area (Å²) in [5, 5.41) is 5.53. The van der Waals surface area contributed by atoms with Crippen LogP contribution in [0.25, 0.3) is 0 Å². The summed E-state index contributed by atoms with van der Waals surface area (Å²) < 4.78 is 5.69. The van der Waals surface area contributed by atoms with Gasteiger partial charge >= 0.3 is 11.8 Å². The SMILES string of the molecule is CN(C)CCCOc1ccc(NC(=O)C(=O)NC2CCCN(c3ccccc3)C2)cc1. The molecule has 2 N–H and O–H groups in total. The van der Waals surface area contributed by atoms with Crippen molar-refractivity contribution in [1.29, 1.82) is 0 Å². The van der Waals surface area contributed by atoms with Crippen LogP contribution in [0.2, 0.25) is 0 Å². The zero-order valence-corrected chi connectivity index (χ0v) is 18.3. The maximum Gasteiger partial charge on any atom is 0.313 e. The predicted octanol–water partition coefficient (Wildman–Crippen LogP) is 2.74. The summed E-state index contributed by atoms with van der Waals surface area (Å²) in [6.45, 7) is 3.25. The van der Waals surface area contributed by atoms with Crippen molar-refractivity contribution in [3.05, 3.63) is 54.6 Å². The highest BCUT2D eigenvalue weighted by Gasteiger charge is 2.24. The molecule has 0 radical (unpaired) electrons. The minimum absolute atomic E-state index is 0.0508. The standard InChI is InChI=1S/C24H32N4O3/c1-27(2)15-7-17-31-22-13-11-19(12-14-22)25-23(29)24(30)26-20-8-6-16-28(18-20)21-9-4-3-5-10-21/h3-5,9-14,20H,6-8,15-18H2,1-2H3,(H,25,29)(H,26,30). The van der Waals surface area contributed by atoms with Crippen molar-refractivity contribution < 1.29 is 14.3 Å². The molecule has 0 aliphatic carbocycles. The Bertz CT molecular complexity index is 840. The third kappa shape index (κ3) is 7.29. The molecular weight excluding hydrogens is 392 g/mol. The van der Waals surface area contributed by atoms with Crippen molar-refractivity contribution >= 4 is 23.2 Å². The van der Waals surface area contributed by atoms with Crippen LogP contribution in [-0.2, 0) is 9.59 Å². The van der Waals surface area contributed by atoms with Crippen LogP contribution in [0.1, 0.15) is 19.3 Å². The second-order valence-electron chi connectivity index (χ2n) is 8.08. The fraction of sp³-hybridized carbons (Fsp3) is 0.417. The van der Waals surface area contributed by atoms with Crippen LogP contribution >= 0.6 is 0 Å². The van der Waals surface area contributed by atoms with Gasteiger partial charge in [0.15, 0.2) is 0 Å². The number of carbonyl (C=O) groups is 2. The molecule has 0 spiro atoms. The van der Waals surface area contributed by atoms with E-state index in [1.807, 2.05) is 32.3 Å². The van der Waals surface area contributed by atoms with Crippen molar-refractivity contribution in [1.82, 2.24) is 10.2 Å². The number of rotatable bonds is 8. The van der Waals surface area contributed by atoms with E-state index in [4.69, 9.17) is 4.74 Å². The summed E-state index contributed by atoms with van der Waals surface area (Å²) in [5.41, 5.74) is 1.70. The lowest BCUT2D eigenvalue weighted by Gasteiger charge is -2.34. The fourth-order valence-electron chi connectivity index (χ4n) is 3.61. The predicted molar refractivity (Wildman–Crippen MR) is 124 cm³/mol. The molecule has 1 aliphatic rings. The van der Waals surface area contributed by atoms with E-state index in [1.165, 1.54) is 0 Å². The minimum Gasteiger partial charge on any atom is -0.494 e. The van der Waals surface area contributed by atoms with Crippen molar-refractivity contribution in [2.75, 3.05) is 50.6 Å². The van der Waals surface area contributed by atoms with Crippen LogP contribution in [0.15, 0.2) is 54.6 Å². The Morgan fingerprint density at radius 1 is 1.06 bits per heavy atom. The maximum atomic E-state index is 12.4. The quantitative estimate of drug-likeness (QED) is 0.504. The summed E-state index contributed by atoms with van der Waals surface area (Å²) in [5.74, 6) is -0.523. The largest absolute Gasteiger partial charge is 0.494 e. The molecule has 0 aromatic heterocycles. The lowest BCUT2D eigenvalue weighted by atomic mass is 10.0. The van der Waals surface area contributed by atoms with Gasteiger partial charge < -0.3 is 25.2 Å². The van der Waals surface area contributed by atoms with Gasteiger partial charge in [-0.05, 0) is 69.8 Å². The van der Waals surface area contributed by atoms with Gasteiger partial charge in [0.25, 0.3) is 0 Å². The maximum absolute atomic E-state index is 12.4. The Balaban J connectivity index is 1.44. The second kappa shape index (κ2) is 11.4. The number of amides is 2. The van der Waals surface area contributed by atoms with Gasteiger partial charge in [-0.2, -0.15) is 0 Å². The van der Waals surface area contributed by atoms with Gasteiger partial charge in [-0.3, -0.25) is 9.59 Å². The van der Waals surface area contributed by atoms with E-state index in [9.17, 15) is 9.59 Å². The van der Waals surface area contributed by atoms with Gasteiger partial charge in [-0.1, -0.05) is 18.2 Å². The van der Waals surface area contributed by atoms with E-state index in [2.05, 4.69) is 32.6 Å². The van der Waals surface area contributed by atoms with Crippen LogP contribution in [-0.4, -0.2) is 63.1 Å². The first-order valence-corrected chi connectivity index (χ1v) is 10.8. The summed E-state index contributed by atoms with van der Waals surface area (Å²) >= 11 is 0. The van der Waals surface area contributed by atoms with Crippen LogP contribution in [0.4, 0.5) is 11.4 Å². The first-order valence-electron chi connectivity index (χ1n) is 10.8. The molecule has 2 aromatic rings. The number of nitrogens with one attached hydrogen (secondary N) is 2. The third-order valence-corrected chi connectivity index (χ3v) is 5.21. The number of para-hydroxylation sites is 1. The molecule has 1 fully saturated rings. The Hall–Kier alpha value is -3.06. The molecule has 31 heavy (non-hydrogen) atoms. The first kappa shape index (κ1) is 22.6. The third-order valence-electron chi connectivity index (χ3n) is 5.21. The van der Waals surface area contributed by atoms with Crippen LogP contribution in [0.5, 0.6) is 5.75 Å². The van der Waals surface area contributed by atoms with Crippen molar-refractivity contribution in [3.63, 3.8) is 0 Å². The number of hydrogen-bond acceptors (Lipinski definition) is 5. The molecule has 1 aliphatic heterocycles. The Kier molecular flexibility index (Phi) is 8.29. The van der Waals surface area contributed by atoms with Gasteiger partial charge in [-0.15, -0.1) is 0 Å². The van der Waals surface area contributed by atoms with Gasteiger partial charge in [0.1, 0.15) is 5.75 Å². The number of piperidine rings is 1. The average molecular weight is 425 g/mol. The molecule has 7 nitrogen and oxygen atoms in total. The number of anilines is 2. The Morgan fingerprint density at radius 3 is 2.52 bits per heavy atom. The zero-order valence-electron chi connectivity index (χ0n) is 18.3. The lowest BCUT2D eigenvalue weighted by molar-refractivity contribution is -0.136. The number of ether oxygens (including phenoxy) is 1. The highest BCUT2D eigenvalue weighted by Crippen LogP contribution is 2.19. The topological polar surface area (TPSA) is 73.9 Å².